The summed E-state index contributed by atoms with van der Waals surface area (Å²) in [6.07, 6.45) is 3.25. The molecule has 0 aromatic heterocycles. The van der Waals surface area contributed by atoms with E-state index in [1.165, 1.54) is 24.3 Å². The molecule has 6 nitrogen and oxygen atoms in total. The minimum absolute atomic E-state index is 0.112. The van der Waals surface area contributed by atoms with Crippen molar-refractivity contribution in [1.82, 2.24) is 4.90 Å². The maximum Gasteiger partial charge on any atom is 0.248 e. The number of amides is 2. The quantitative estimate of drug-likeness (QED) is 0.512. The zero-order valence-electron chi connectivity index (χ0n) is 19.4. The Morgan fingerprint density at radius 3 is 2.06 bits per heavy atom. The topological polar surface area (TPSA) is 64.7 Å². The first-order valence-corrected chi connectivity index (χ1v) is 11.5. The van der Waals surface area contributed by atoms with E-state index in [1.807, 2.05) is 24.3 Å². The summed E-state index contributed by atoms with van der Waals surface area (Å²) in [7, 11) is 0. The van der Waals surface area contributed by atoms with E-state index in [-0.39, 0.29) is 11.8 Å². The van der Waals surface area contributed by atoms with Gasteiger partial charge < -0.3 is 15.5 Å². The minimum Gasteiger partial charge on any atom is -0.369 e. The highest BCUT2D eigenvalue weighted by Gasteiger charge is 2.17. The van der Waals surface area contributed by atoms with Crippen LogP contribution in [0.15, 0.2) is 84.9 Å². The number of hydrogen-bond acceptors (Lipinski definition) is 4. The van der Waals surface area contributed by atoms with Crippen LogP contribution in [0.2, 0.25) is 0 Å². The standard InChI is InChI=1S/C28H30N4O2/c1-22(33)29-25-10-7-23(8-11-25)9-16-28(34)30-26-12-14-27(15-13-26)32-19-17-31(18-20-32)21-24-5-3-2-4-6-24/h2-16H,17-21H2,1H3,(H,29,33)(H,30,34)/b16-9+. The number of nitrogens with one attached hydrogen (secondary N) is 2. The van der Waals surface area contributed by atoms with E-state index in [4.69, 9.17) is 0 Å². The summed E-state index contributed by atoms with van der Waals surface area (Å²) < 4.78 is 0. The molecule has 0 saturated carbocycles. The minimum atomic E-state index is -0.187. The molecule has 0 unspecified atom stereocenters. The summed E-state index contributed by atoms with van der Waals surface area (Å²) in [5.74, 6) is -0.299. The summed E-state index contributed by atoms with van der Waals surface area (Å²) in [5.41, 5.74) is 4.90. The van der Waals surface area contributed by atoms with Crippen molar-refractivity contribution >= 4 is 35.0 Å². The van der Waals surface area contributed by atoms with Gasteiger partial charge in [0.15, 0.2) is 0 Å². The fourth-order valence-electron chi connectivity index (χ4n) is 4.00. The summed E-state index contributed by atoms with van der Waals surface area (Å²) in [5, 5.41) is 5.63. The molecular formula is C28H30N4O2. The van der Waals surface area contributed by atoms with Crippen LogP contribution in [0.4, 0.5) is 17.1 Å². The normalized spacial score (nSPS) is 14.2. The third kappa shape index (κ3) is 6.80. The summed E-state index contributed by atoms with van der Waals surface area (Å²) in [4.78, 5) is 28.3. The lowest BCUT2D eigenvalue weighted by atomic mass is 10.2. The second-order valence-electron chi connectivity index (χ2n) is 8.42. The molecule has 3 aromatic carbocycles. The molecule has 174 valence electrons. The molecule has 1 saturated heterocycles. The van der Waals surface area contributed by atoms with E-state index in [0.29, 0.717) is 0 Å². The smallest absolute Gasteiger partial charge is 0.248 e. The molecule has 0 bridgehead atoms. The monoisotopic (exact) mass is 454 g/mol. The fourth-order valence-corrected chi connectivity index (χ4v) is 4.00. The zero-order valence-corrected chi connectivity index (χ0v) is 19.4. The van der Waals surface area contributed by atoms with Crippen LogP contribution in [0.3, 0.4) is 0 Å². The Balaban J connectivity index is 1.24. The Morgan fingerprint density at radius 1 is 0.794 bits per heavy atom. The zero-order chi connectivity index (χ0) is 23.8. The van der Waals surface area contributed by atoms with E-state index in [1.54, 1.807) is 18.2 Å². The van der Waals surface area contributed by atoms with Crippen LogP contribution in [0, 0.1) is 0 Å². The molecule has 0 spiro atoms. The van der Waals surface area contributed by atoms with Crippen molar-refractivity contribution < 1.29 is 9.59 Å². The number of benzene rings is 3. The first kappa shape index (κ1) is 23.3. The lowest BCUT2D eigenvalue weighted by molar-refractivity contribution is -0.114. The van der Waals surface area contributed by atoms with Crippen molar-refractivity contribution in [3.8, 4) is 0 Å². The first-order valence-electron chi connectivity index (χ1n) is 11.5. The highest BCUT2D eigenvalue weighted by Crippen LogP contribution is 2.20. The molecule has 34 heavy (non-hydrogen) atoms. The molecule has 1 fully saturated rings. The molecule has 1 aliphatic rings. The Morgan fingerprint density at radius 2 is 1.41 bits per heavy atom. The van der Waals surface area contributed by atoms with Crippen LogP contribution >= 0.6 is 0 Å². The average Bonchev–Trinajstić information content (AvgIpc) is 2.85. The van der Waals surface area contributed by atoms with Crippen LogP contribution in [-0.2, 0) is 16.1 Å². The largest absolute Gasteiger partial charge is 0.369 e. The highest BCUT2D eigenvalue weighted by molar-refractivity contribution is 6.02. The van der Waals surface area contributed by atoms with Crippen molar-refractivity contribution in [2.75, 3.05) is 41.7 Å². The molecular weight excluding hydrogens is 424 g/mol. The molecule has 1 heterocycles. The summed E-state index contributed by atoms with van der Waals surface area (Å²) >= 11 is 0. The van der Waals surface area contributed by atoms with Gasteiger partial charge in [-0.05, 0) is 53.6 Å². The van der Waals surface area contributed by atoms with Gasteiger partial charge in [-0.25, -0.2) is 0 Å². The second-order valence-corrected chi connectivity index (χ2v) is 8.42. The Kier molecular flexibility index (Phi) is 7.73. The molecule has 2 amide bonds. The van der Waals surface area contributed by atoms with Gasteiger partial charge in [-0.3, -0.25) is 14.5 Å². The third-order valence-corrected chi connectivity index (χ3v) is 5.78. The number of piperazine rings is 1. The van der Waals surface area contributed by atoms with Crippen LogP contribution in [0.1, 0.15) is 18.1 Å². The van der Waals surface area contributed by atoms with Crippen LogP contribution in [0.5, 0.6) is 0 Å². The van der Waals surface area contributed by atoms with E-state index in [9.17, 15) is 9.59 Å². The molecule has 2 N–H and O–H groups in total. The van der Waals surface area contributed by atoms with Gasteiger partial charge in [0.1, 0.15) is 0 Å². The Hall–Kier alpha value is -3.90. The van der Waals surface area contributed by atoms with Gasteiger partial charge in [-0.2, -0.15) is 0 Å². The van der Waals surface area contributed by atoms with Gasteiger partial charge in [0.2, 0.25) is 11.8 Å². The van der Waals surface area contributed by atoms with Crippen molar-refractivity contribution in [2.24, 2.45) is 0 Å². The third-order valence-electron chi connectivity index (χ3n) is 5.78. The van der Waals surface area contributed by atoms with Crippen LogP contribution in [0.25, 0.3) is 6.08 Å². The number of rotatable bonds is 7. The van der Waals surface area contributed by atoms with Crippen LogP contribution < -0.4 is 15.5 Å². The van der Waals surface area contributed by atoms with Crippen molar-refractivity contribution in [2.45, 2.75) is 13.5 Å². The SMILES string of the molecule is CC(=O)Nc1ccc(/C=C/C(=O)Nc2ccc(N3CCN(Cc4ccccc4)CC3)cc2)cc1. The maximum atomic E-state index is 12.3. The molecule has 0 atom stereocenters. The average molecular weight is 455 g/mol. The number of carbonyl (C=O) groups is 2. The molecule has 0 radical (unpaired) electrons. The number of anilines is 3. The van der Waals surface area contributed by atoms with Gasteiger partial charge in [-0.15, -0.1) is 0 Å². The number of nitrogens with zero attached hydrogens (tertiary/aromatic N) is 2. The van der Waals surface area contributed by atoms with E-state index < -0.39 is 0 Å². The van der Waals surface area contributed by atoms with Gasteiger partial charge in [0, 0.05) is 62.8 Å². The predicted octanol–water partition coefficient (Wildman–Crippen LogP) is 4.62. The Labute approximate surface area is 200 Å². The van der Waals surface area contributed by atoms with E-state index >= 15 is 0 Å². The van der Waals surface area contributed by atoms with Gasteiger partial charge in [-0.1, -0.05) is 42.5 Å². The van der Waals surface area contributed by atoms with Crippen molar-refractivity contribution in [1.29, 1.82) is 0 Å². The lowest BCUT2D eigenvalue weighted by Gasteiger charge is -2.36. The van der Waals surface area contributed by atoms with E-state index in [2.05, 4.69) is 62.9 Å². The van der Waals surface area contributed by atoms with Crippen molar-refractivity contribution in [3.05, 3.63) is 96.1 Å². The molecule has 3 aromatic rings. The van der Waals surface area contributed by atoms with Crippen molar-refractivity contribution in [3.63, 3.8) is 0 Å². The summed E-state index contributed by atoms with van der Waals surface area (Å²) in [6, 6.07) is 25.9. The van der Waals surface area contributed by atoms with Gasteiger partial charge in [0.05, 0.1) is 0 Å². The van der Waals surface area contributed by atoms with Gasteiger partial charge in [0.25, 0.3) is 0 Å². The molecule has 6 heteroatoms. The van der Waals surface area contributed by atoms with E-state index in [0.717, 1.165) is 49.7 Å². The lowest BCUT2D eigenvalue weighted by Crippen LogP contribution is -2.45. The summed E-state index contributed by atoms with van der Waals surface area (Å²) in [6.45, 7) is 6.50. The predicted molar refractivity (Wildman–Crippen MR) is 139 cm³/mol. The van der Waals surface area contributed by atoms with Crippen LogP contribution in [-0.4, -0.2) is 42.9 Å². The first-order chi connectivity index (χ1) is 16.5. The fraction of sp³-hybridized carbons (Fsp3) is 0.214. The highest BCUT2D eigenvalue weighted by atomic mass is 16.2. The second kappa shape index (κ2) is 11.3. The Bertz CT molecular complexity index is 1120. The number of hydrogen-bond donors (Lipinski definition) is 2. The van der Waals surface area contributed by atoms with Gasteiger partial charge >= 0.3 is 0 Å². The molecule has 1 aliphatic heterocycles. The molecule has 0 aliphatic carbocycles. The maximum absolute atomic E-state index is 12.3. The molecule has 4 rings (SSSR count). The number of carbonyl (C=O) groups excluding carboxylic acids is 2.